The van der Waals surface area contributed by atoms with E-state index in [0.29, 0.717) is 0 Å². The third-order valence-electron chi connectivity index (χ3n) is 9.53. The number of benzene rings is 2. The van der Waals surface area contributed by atoms with E-state index in [1.54, 1.807) is 11.1 Å². The van der Waals surface area contributed by atoms with Gasteiger partial charge in [0, 0.05) is 5.41 Å². The maximum Gasteiger partial charge on any atom is 0.0202 e. The predicted octanol–water partition coefficient (Wildman–Crippen LogP) is 11.7. The fourth-order valence-electron chi connectivity index (χ4n) is 6.74. The fraction of sp³-hybridized carbons (Fsp3) is 0.684. The van der Waals surface area contributed by atoms with Crippen LogP contribution < -0.4 is 0 Å². The van der Waals surface area contributed by atoms with Gasteiger partial charge in [0.25, 0.3) is 0 Å². The summed E-state index contributed by atoms with van der Waals surface area (Å²) >= 11 is 0. The Hall–Kier alpha value is -1.56. The molecule has 2 aromatic rings. The molecule has 3 rings (SSSR count). The summed E-state index contributed by atoms with van der Waals surface area (Å²) in [7, 11) is 0. The second-order valence-corrected chi connectivity index (χ2v) is 14.0. The topological polar surface area (TPSA) is 0 Å². The maximum atomic E-state index is 2.48. The lowest BCUT2D eigenvalue weighted by atomic mass is 9.65. The lowest BCUT2D eigenvalue weighted by Crippen LogP contribution is -2.30. The van der Waals surface area contributed by atoms with Crippen LogP contribution in [-0.4, -0.2) is 0 Å². The normalized spacial score (nSPS) is 17.2. The van der Waals surface area contributed by atoms with Crippen molar-refractivity contribution in [2.45, 2.75) is 143 Å². The molecule has 1 fully saturated rings. The largest absolute Gasteiger partial charge is 0.0628 e. The summed E-state index contributed by atoms with van der Waals surface area (Å²) in [6, 6.07) is 19.7. The number of hydrogen-bond donors (Lipinski definition) is 0. The lowest BCUT2D eigenvalue weighted by Gasteiger charge is -2.39. The molecule has 0 amide bonds. The summed E-state index contributed by atoms with van der Waals surface area (Å²) in [6.07, 6.45) is 20.1. The Kier molecular flexibility index (Phi) is 12.9. The molecule has 0 bridgehead atoms. The van der Waals surface area contributed by atoms with Gasteiger partial charge in [0.05, 0.1) is 0 Å². The van der Waals surface area contributed by atoms with Crippen LogP contribution in [-0.2, 0) is 18.3 Å². The quantitative estimate of drug-likeness (QED) is 0.208. The Morgan fingerprint density at radius 3 is 1.26 bits per heavy atom. The van der Waals surface area contributed by atoms with Crippen LogP contribution in [0, 0.1) is 23.7 Å². The molecule has 0 radical (unpaired) electrons. The molecule has 0 saturated heterocycles. The number of rotatable bonds is 16. The van der Waals surface area contributed by atoms with Gasteiger partial charge in [-0.3, -0.25) is 0 Å². The Bertz CT molecular complexity index is 809. The first kappa shape index (κ1) is 31.0. The van der Waals surface area contributed by atoms with Gasteiger partial charge >= 0.3 is 0 Å². The molecule has 0 heteroatoms. The van der Waals surface area contributed by atoms with Crippen molar-refractivity contribution in [3.63, 3.8) is 0 Å². The van der Waals surface area contributed by atoms with Crippen LogP contribution >= 0.6 is 0 Å². The summed E-state index contributed by atoms with van der Waals surface area (Å²) < 4.78 is 0. The monoisotopic (exact) mass is 516 g/mol. The molecule has 0 N–H and O–H groups in total. The first-order valence-electron chi connectivity index (χ1n) is 16.5. The lowest BCUT2D eigenvalue weighted by molar-refractivity contribution is 0.346. The molecule has 212 valence electrons. The SMILES string of the molecule is CC(C)CCCC(C)CCc1ccc(C2(c3ccc(CCC(C)CCCC(C)C)cc3)CCCCC2)cc1. The Morgan fingerprint density at radius 1 is 0.500 bits per heavy atom. The zero-order valence-electron chi connectivity index (χ0n) is 26.0. The molecule has 0 spiro atoms. The van der Waals surface area contributed by atoms with E-state index < -0.39 is 0 Å². The zero-order chi connectivity index (χ0) is 27.4. The molecule has 0 aromatic heterocycles. The second-order valence-electron chi connectivity index (χ2n) is 14.0. The van der Waals surface area contributed by atoms with Crippen molar-refractivity contribution in [1.82, 2.24) is 0 Å². The van der Waals surface area contributed by atoms with E-state index in [-0.39, 0.29) is 5.41 Å². The Balaban J connectivity index is 1.59. The van der Waals surface area contributed by atoms with Crippen LogP contribution in [0.25, 0.3) is 0 Å². The smallest absolute Gasteiger partial charge is 0.0202 e. The minimum absolute atomic E-state index is 0.212. The van der Waals surface area contributed by atoms with Gasteiger partial charge in [0.15, 0.2) is 0 Å². The van der Waals surface area contributed by atoms with Gasteiger partial charge in [-0.15, -0.1) is 0 Å². The minimum Gasteiger partial charge on any atom is -0.0628 e. The van der Waals surface area contributed by atoms with E-state index in [2.05, 4.69) is 90.1 Å². The highest BCUT2D eigenvalue weighted by Gasteiger charge is 2.35. The molecule has 2 atom stereocenters. The summed E-state index contributed by atoms with van der Waals surface area (Å²) in [5.41, 5.74) is 6.36. The first-order valence-corrected chi connectivity index (χ1v) is 16.5. The third-order valence-corrected chi connectivity index (χ3v) is 9.53. The average Bonchev–Trinajstić information content (AvgIpc) is 2.91. The Labute approximate surface area is 237 Å². The molecule has 1 saturated carbocycles. The number of aryl methyl sites for hydroxylation is 2. The van der Waals surface area contributed by atoms with Gasteiger partial charge in [-0.05, 0) is 84.5 Å². The van der Waals surface area contributed by atoms with Crippen LogP contribution in [0.1, 0.15) is 147 Å². The first-order chi connectivity index (χ1) is 18.3. The number of hydrogen-bond acceptors (Lipinski definition) is 0. The van der Waals surface area contributed by atoms with E-state index in [1.165, 1.54) is 107 Å². The summed E-state index contributed by atoms with van der Waals surface area (Å²) in [4.78, 5) is 0. The van der Waals surface area contributed by atoms with Crippen molar-refractivity contribution in [3.05, 3.63) is 70.8 Å². The van der Waals surface area contributed by atoms with Crippen molar-refractivity contribution in [2.75, 3.05) is 0 Å². The maximum absolute atomic E-state index is 2.48. The zero-order valence-corrected chi connectivity index (χ0v) is 26.0. The molecule has 2 aromatic carbocycles. The van der Waals surface area contributed by atoms with Crippen molar-refractivity contribution < 1.29 is 0 Å². The van der Waals surface area contributed by atoms with Gasteiger partial charge in [-0.25, -0.2) is 0 Å². The van der Waals surface area contributed by atoms with E-state index in [0.717, 1.165) is 23.7 Å². The highest BCUT2D eigenvalue weighted by Crippen LogP contribution is 2.45. The van der Waals surface area contributed by atoms with Gasteiger partial charge in [-0.2, -0.15) is 0 Å². The fourth-order valence-corrected chi connectivity index (χ4v) is 6.74. The van der Waals surface area contributed by atoms with Crippen LogP contribution in [0.15, 0.2) is 48.5 Å². The summed E-state index contributed by atoms with van der Waals surface area (Å²) in [5.74, 6) is 3.34. The van der Waals surface area contributed by atoms with Crippen molar-refractivity contribution >= 4 is 0 Å². The van der Waals surface area contributed by atoms with Gasteiger partial charge in [0.1, 0.15) is 0 Å². The predicted molar refractivity (Wildman–Crippen MR) is 169 cm³/mol. The highest BCUT2D eigenvalue weighted by molar-refractivity contribution is 5.42. The van der Waals surface area contributed by atoms with Crippen LogP contribution in [0.5, 0.6) is 0 Å². The standard InChI is InChI=1S/C38H60/c1-30(2)12-10-14-32(5)16-18-34-20-24-36(25-21-34)38(28-8-7-9-29-38)37-26-22-35(23-27-37)19-17-33(6)15-11-13-31(3)4/h20-27,30-33H,7-19,28-29H2,1-6H3. The summed E-state index contributed by atoms with van der Waals surface area (Å²) in [6.45, 7) is 14.3. The van der Waals surface area contributed by atoms with Gasteiger partial charge in [-0.1, -0.05) is 148 Å². The van der Waals surface area contributed by atoms with E-state index in [9.17, 15) is 0 Å². The third kappa shape index (κ3) is 9.88. The van der Waals surface area contributed by atoms with Crippen LogP contribution in [0.3, 0.4) is 0 Å². The molecule has 1 aliphatic carbocycles. The molecule has 2 unspecified atom stereocenters. The van der Waals surface area contributed by atoms with Crippen molar-refractivity contribution in [2.24, 2.45) is 23.7 Å². The van der Waals surface area contributed by atoms with E-state index in [1.807, 2.05) is 0 Å². The Morgan fingerprint density at radius 2 is 0.895 bits per heavy atom. The van der Waals surface area contributed by atoms with Gasteiger partial charge in [0.2, 0.25) is 0 Å². The summed E-state index contributed by atoms with van der Waals surface area (Å²) in [5, 5.41) is 0. The molecular weight excluding hydrogens is 456 g/mol. The average molecular weight is 517 g/mol. The molecule has 1 aliphatic rings. The van der Waals surface area contributed by atoms with Gasteiger partial charge < -0.3 is 0 Å². The molecule has 0 heterocycles. The van der Waals surface area contributed by atoms with Crippen molar-refractivity contribution in [1.29, 1.82) is 0 Å². The minimum atomic E-state index is 0.212. The van der Waals surface area contributed by atoms with E-state index >= 15 is 0 Å². The van der Waals surface area contributed by atoms with Crippen LogP contribution in [0.2, 0.25) is 0 Å². The van der Waals surface area contributed by atoms with Crippen molar-refractivity contribution in [3.8, 4) is 0 Å². The molecule has 0 nitrogen and oxygen atoms in total. The molecule has 38 heavy (non-hydrogen) atoms. The second kappa shape index (κ2) is 15.9. The molecular formula is C38H60. The highest BCUT2D eigenvalue weighted by atomic mass is 14.4. The molecule has 0 aliphatic heterocycles. The van der Waals surface area contributed by atoms with E-state index in [4.69, 9.17) is 0 Å². The van der Waals surface area contributed by atoms with Crippen LogP contribution in [0.4, 0.5) is 0 Å².